The van der Waals surface area contributed by atoms with E-state index in [9.17, 15) is 4.79 Å². The topological polar surface area (TPSA) is 50.4 Å². The van der Waals surface area contributed by atoms with Gasteiger partial charge in [0.05, 0.1) is 13.0 Å². The first kappa shape index (κ1) is 17.5. The Labute approximate surface area is 128 Å². The molecular formula is C17H28N2O2. The predicted octanol–water partition coefficient (Wildman–Crippen LogP) is 3.04. The molecule has 0 aliphatic carbocycles. The number of nitrogens with one attached hydrogen (secondary N) is 2. The monoisotopic (exact) mass is 292 g/mol. The molecule has 1 rings (SSSR count). The van der Waals surface area contributed by atoms with E-state index in [4.69, 9.17) is 4.74 Å². The van der Waals surface area contributed by atoms with Gasteiger partial charge >= 0.3 is 0 Å². The molecule has 0 radical (unpaired) electrons. The van der Waals surface area contributed by atoms with E-state index >= 15 is 0 Å². The largest absolute Gasteiger partial charge is 0.493 e. The number of amides is 1. The minimum absolute atomic E-state index is 0.0335. The van der Waals surface area contributed by atoms with E-state index in [-0.39, 0.29) is 5.91 Å². The van der Waals surface area contributed by atoms with Crippen molar-refractivity contribution in [2.24, 2.45) is 0 Å². The van der Waals surface area contributed by atoms with Crippen molar-refractivity contribution in [2.75, 3.05) is 19.7 Å². The highest BCUT2D eigenvalue weighted by molar-refractivity contribution is 5.75. The minimum Gasteiger partial charge on any atom is -0.493 e. The SMILES string of the molecule is CCCNC(CC)c1ccccc1OCCC(=O)NCC. The van der Waals surface area contributed by atoms with Crippen LogP contribution >= 0.6 is 0 Å². The van der Waals surface area contributed by atoms with Crippen molar-refractivity contribution in [2.45, 2.75) is 46.1 Å². The van der Waals surface area contributed by atoms with Crippen molar-refractivity contribution in [3.05, 3.63) is 29.8 Å². The van der Waals surface area contributed by atoms with Crippen molar-refractivity contribution in [1.29, 1.82) is 0 Å². The van der Waals surface area contributed by atoms with Crippen LogP contribution in [0, 0.1) is 0 Å². The van der Waals surface area contributed by atoms with Crippen LogP contribution in [0.25, 0.3) is 0 Å². The molecular weight excluding hydrogens is 264 g/mol. The van der Waals surface area contributed by atoms with E-state index in [1.165, 1.54) is 5.56 Å². The minimum atomic E-state index is 0.0335. The lowest BCUT2D eigenvalue weighted by Crippen LogP contribution is -2.25. The highest BCUT2D eigenvalue weighted by Gasteiger charge is 2.13. The van der Waals surface area contributed by atoms with Crippen molar-refractivity contribution in [1.82, 2.24) is 10.6 Å². The first-order chi connectivity index (χ1) is 10.2. The Morgan fingerprint density at radius 3 is 2.67 bits per heavy atom. The number of para-hydroxylation sites is 1. The van der Waals surface area contributed by atoms with Gasteiger partial charge in [-0.05, 0) is 32.4 Å². The Kier molecular flexibility index (Phi) is 8.51. The van der Waals surface area contributed by atoms with Gasteiger partial charge in [-0.25, -0.2) is 0 Å². The average Bonchev–Trinajstić information content (AvgIpc) is 2.49. The molecule has 118 valence electrons. The van der Waals surface area contributed by atoms with Crippen LogP contribution in [0.5, 0.6) is 5.75 Å². The number of hydrogen-bond acceptors (Lipinski definition) is 3. The molecule has 0 fully saturated rings. The second-order valence-electron chi connectivity index (χ2n) is 5.00. The number of carbonyl (C=O) groups is 1. The summed E-state index contributed by atoms with van der Waals surface area (Å²) in [6.45, 7) is 8.31. The van der Waals surface area contributed by atoms with Crippen molar-refractivity contribution in [3.63, 3.8) is 0 Å². The van der Waals surface area contributed by atoms with Crippen LogP contribution in [0.3, 0.4) is 0 Å². The van der Waals surface area contributed by atoms with E-state index in [1.54, 1.807) is 0 Å². The lowest BCUT2D eigenvalue weighted by atomic mass is 10.0. The summed E-state index contributed by atoms with van der Waals surface area (Å²) in [5.74, 6) is 0.906. The van der Waals surface area contributed by atoms with Crippen LogP contribution in [-0.4, -0.2) is 25.6 Å². The third kappa shape index (κ3) is 6.17. The van der Waals surface area contributed by atoms with Crippen LogP contribution in [0.4, 0.5) is 0 Å². The molecule has 1 aromatic carbocycles. The molecule has 0 spiro atoms. The van der Waals surface area contributed by atoms with Gasteiger partial charge in [0.25, 0.3) is 0 Å². The predicted molar refractivity (Wildman–Crippen MR) is 86.6 cm³/mol. The van der Waals surface area contributed by atoms with Gasteiger partial charge < -0.3 is 15.4 Å². The summed E-state index contributed by atoms with van der Waals surface area (Å²) in [4.78, 5) is 11.4. The maximum Gasteiger partial charge on any atom is 0.223 e. The lowest BCUT2D eigenvalue weighted by molar-refractivity contribution is -0.121. The van der Waals surface area contributed by atoms with Crippen LogP contribution in [0.15, 0.2) is 24.3 Å². The van der Waals surface area contributed by atoms with E-state index in [0.717, 1.165) is 25.1 Å². The second kappa shape index (κ2) is 10.2. The van der Waals surface area contributed by atoms with Crippen molar-refractivity contribution in [3.8, 4) is 5.75 Å². The molecule has 0 bridgehead atoms. The maximum absolute atomic E-state index is 11.4. The molecule has 1 atom stereocenters. The average molecular weight is 292 g/mol. The molecule has 1 amide bonds. The van der Waals surface area contributed by atoms with Gasteiger partial charge in [-0.2, -0.15) is 0 Å². The van der Waals surface area contributed by atoms with Gasteiger partial charge in [0.1, 0.15) is 5.75 Å². The smallest absolute Gasteiger partial charge is 0.223 e. The summed E-state index contributed by atoms with van der Waals surface area (Å²) in [7, 11) is 0. The maximum atomic E-state index is 11.4. The fourth-order valence-electron chi connectivity index (χ4n) is 2.23. The van der Waals surface area contributed by atoms with Crippen LogP contribution < -0.4 is 15.4 Å². The summed E-state index contributed by atoms with van der Waals surface area (Å²) in [5.41, 5.74) is 1.17. The fourth-order valence-corrected chi connectivity index (χ4v) is 2.23. The Morgan fingerprint density at radius 1 is 1.24 bits per heavy atom. The van der Waals surface area contributed by atoms with E-state index < -0.39 is 0 Å². The molecule has 2 N–H and O–H groups in total. The third-order valence-corrected chi connectivity index (χ3v) is 3.30. The van der Waals surface area contributed by atoms with Crippen molar-refractivity contribution < 1.29 is 9.53 Å². The number of carbonyl (C=O) groups excluding carboxylic acids is 1. The number of ether oxygens (including phenoxy) is 1. The molecule has 4 nitrogen and oxygen atoms in total. The van der Waals surface area contributed by atoms with E-state index in [0.29, 0.717) is 25.6 Å². The zero-order valence-corrected chi connectivity index (χ0v) is 13.4. The quantitative estimate of drug-likeness (QED) is 0.697. The lowest BCUT2D eigenvalue weighted by Gasteiger charge is -2.20. The Hall–Kier alpha value is -1.55. The van der Waals surface area contributed by atoms with Crippen LogP contribution in [-0.2, 0) is 4.79 Å². The Bertz CT molecular complexity index is 421. The number of benzene rings is 1. The van der Waals surface area contributed by atoms with Crippen LogP contribution in [0.2, 0.25) is 0 Å². The Balaban J connectivity index is 2.63. The number of hydrogen-bond donors (Lipinski definition) is 2. The molecule has 0 aromatic heterocycles. The fraction of sp³-hybridized carbons (Fsp3) is 0.588. The van der Waals surface area contributed by atoms with Gasteiger partial charge in [0.15, 0.2) is 0 Å². The van der Waals surface area contributed by atoms with Gasteiger partial charge in [-0.1, -0.05) is 32.0 Å². The first-order valence-corrected chi connectivity index (χ1v) is 7.94. The Morgan fingerprint density at radius 2 is 2.00 bits per heavy atom. The summed E-state index contributed by atoms with van der Waals surface area (Å²) in [5, 5.41) is 6.31. The summed E-state index contributed by atoms with van der Waals surface area (Å²) >= 11 is 0. The molecule has 4 heteroatoms. The number of rotatable bonds is 10. The molecule has 0 aliphatic heterocycles. The van der Waals surface area contributed by atoms with E-state index in [1.807, 2.05) is 25.1 Å². The third-order valence-electron chi connectivity index (χ3n) is 3.30. The molecule has 1 unspecified atom stereocenters. The molecule has 1 aromatic rings. The summed E-state index contributed by atoms with van der Waals surface area (Å²) < 4.78 is 5.82. The van der Waals surface area contributed by atoms with Gasteiger partial charge in [-0.3, -0.25) is 4.79 Å². The zero-order valence-electron chi connectivity index (χ0n) is 13.4. The highest BCUT2D eigenvalue weighted by Crippen LogP contribution is 2.27. The summed E-state index contributed by atoms with van der Waals surface area (Å²) in [6.07, 6.45) is 2.51. The molecule has 0 aliphatic rings. The normalized spacial score (nSPS) is 12.0. The van der Waals surface area contributed by atoms with Gasteiger partial charge in [0, 0.05) is 18.2 Å². The second-order valence-corrected chi connectivity index (χ2v) is 5.00. The van der Waals surface area contributed by atoms with Gasteiger partial charge in [0.2, 0.25) is 5.91 Å². The standard InChI is InChI=1S/C17H28N2O2/c1-4-12-19-15(5-2)14-9-7-8-10-16(14)21-13-11-17(20)18-6-3/h7-10,15,19H,4-6,11-13H2,1-3H3,(H,18,20). The van der Waals surface area contributed by atoms with Gasteiger partial charge in [-0.15, -0.1) is 0 Å². The molecule has 0 saturated carbocycles. The summed E-state index contributed by atoms with van der Waals surface area (Å²) in [6, 6.07) is 8.37. The van der Waals surface area contributed by atoms with E-state index in [2.05, 4.69) is 30.5 Å². The van der Waals surface area contributed by atoms with Crippen LogP contribution in [0.1, 0.15) is 51.6 Å². The first-order valence-electron chi connectivity index (χ1n) is 7.94. The molecule has 21 heavy (non-hydrogen) atoms. The molecule has 0 saturated heterocycles. The highest BCUT2D eigenvalue weighted by atomic mass is 16.5. The zero-order chi connectivity index (χ0) is 15.5. The van der Waals surface area contributed by atoms with Crippen molar-refractivity contribution >= 4 is 5.91 Å². The molecule has 0 heterocycles.